The van der Waals surface area contributed by atoms with Gasteiger partial charge in [0.2, 0.25) is 0 Å². The van der Waals surface area contributed by atoms with Crippen molar-refractivity contribution in [3.63, 3.8) is 0 Å². The molecule has 0 aromatic heterocycles. The van der Waals surface area contributed by atoms with Crippen molar-refractivity contribution in [3.05, 3.63) is 59.7 Å². The Balaban J connectivity index is 1.93. The van der Waals surface area contributed by atoms with Crippen LogP contribution in [0.5, 0.6) is 5.75 Å². The second-order valence-corrected chi connectivity index (χ2v) is 5.03. The van der Waals surface area contributed by atoms with Crippen LogP contribution in [0.25, 0.3) is 0 Å². The molecule has 0 saturated heterocycles. The number of anilines is 1. The first-order chi connectivity index (χ1) is 9.13. The molecule has 2 nitrogen and oxygen atoms in total. The van der Waals surface area contributed by atoms with E-state index in [-0.39, 0.29) is 6.10 Å². The summed E-state index contributed by atoms with van der Waals surface area (Å²) in [4.78, 5) is 0. The zero-order valence-corrected chi connectivity index (χ0v) is 11.8. The van der Waals surface area contributed by atoms with E-state index < -0.39 is 0 Å². The summed E-state index contributed by atoms with van der Waals surface area (Å²) in [6.45, 7) is 7.00. The maximum absolute atomic E-state index is 5.63. The van der Waals surface area contributed by atoms with Gasteiger partial charge in [0.1, 0.15) is 5.75 Å². The third-order valence-electron chi connectivity index (χ3n) is 2.81. The van der Waals surface area contributed by atoms with Gasteiger partial charge in [-0.25, -0.2) is 0 Å². The quantitative estimate of drug-likeness (QED) is 0.855. The number of nitrogens with one attached hydrogen (secondary N) is 1. The van der Waals surface area contributed by atoms with E-state index in [0.717, 1.165) is 18.0 Å². The van der Waals surface area contributed by atoms with E-state index in [1.54, 1.807) is 0 Å². The Bertz CT molecular complexity index is 517. The SMILES string of the molecule is Cc1cccc(NCc2ccc(OC(C)C)cc2)c1. The Morgan fingerprint density at radius 1 is 1.05 bits per heavy atom. The molecular formula is C17H21NO. The zero-order valence-electron chi connectivity index (χ0n) is 11.8. The molecule has 0 amide bonds. The van der Waals surface area contributed by atoms with Gasteiger partial charge < -0.3 is 10.1 Å². The molecule has 0 spiro atoms. The van der Waals surface area contributed by atoms with E-state index in [4.69, 9.17) is 4.74 Å². The minimum atomic E-state index is 0.219. The lowest BCUT2D eigenvalue weighted by atomic mass is 10.2. The van der Waals surface area contributed by atoms with E-state index in [1.165, 1.54) is 11.1 Å². The summed E-state index contributed by atoms with van der Waals surface area (Å²) in [6, 6.07) is 16.6. The Morgan fingerprint density at radius 2 is 1.79 bits per heavy atom. The summed E-state index contributed by atoms with van der Waals surface area (Å²) < 4.78 is 5.63. The van der Waals surface area contributed by atoms with E-state index in [1.807, 2.05) is 26.0 Å². The highest BCUT2D eigenvalue weighted by atomic mass is 16.5. The molecule has 19 heavy (non-hydrogen) atoms. The smallest absolute Gasteiger partial charge is 0.119 e. The fourth-order valence-electron chi connectivity index (χ4n) is 1.92. The first-order valence-electron chi connectivity index (χ1n) is 6.69. The average Bonchev–Trinajstić information content (AvgIpc) is 2.37. The van der Waals surface area contributed by atoms with Crippen molar-refractivity contribution in [1.29, 1.82) is 0 Å². The second kappa shape index (κ2) is 6.28. The Morgan fingerprint density at radius 3 is 2.42 bits per heavy atom. The van der Waals surface area contributed by atoms with Gasteiger partial charge in [0.05, 0.1) is 6.10 Å². The highest BCUT2D eigenvalue weighted by Crippen LogP contribution is 2.15. The van der Waals surface area contributed by atoms with E-state index in [9.17, 15) is 0 Å². The molecule has 100 valence electrons. The molecule has 1 N–H and O–H groups in total. The van der Waals surface area contributed by atoms with E-state index in [0.29, 0.717) is 0 Å². The number of hydrogen-bond acceptors (Lipinski definition) is 2. The summed E-state index contributed by atoms with van der Waals surface area (Å²) in [5.74, 6) is 0.925. The van der Waals surface area contributed by atoms with Gasteiger partial charge in [-0.15, -0.1) is 0 Å². The number of ether oxygens (including phenoxy) is 1. The minimum absolute atomic E-state index is 0.219. The van der Waals surface area contributed by atoms with E-state index in [2.05, 4.69) is 48.6 Å². The molecule has 0 aliphatic carbocycles. The standard InChI is InChI=1S/C17H21NO/c1-13(2)19-17-9-7-15(8-10-17)12-18-16-6-4-5-14(3)11-16/h4-11,13,18H,12H2,1-3H3. The van der Waals surface area contributed by atoms with Gasteiger partial charge in [-0.2, -0.15) is 0 Å². The van der Waals surface area contributed by atoms with Crippen molar-refractivity contribution in [3.8, 4) is 5.75 Å². The summed E-state index contributed by atoms with van der Waals surface area (Å²) in [7, 11) is 0. The van der Waals surface area contributed by atoms with Crippen LogP contribution in [-0.2, 0) is 6.54 Å². The van der Waals surface area contributed by atoms with Gasteiger partial charge in [0.25, 0.3) is 0 Å². The molecule has 0 aliphatic heterocycles. The van der Waals surface area contributed by atoms with Crippen LogP contribution in [0, 0.1) is 6.92 Å². The van der Waals surface area contributed by atoms with Crippen molar-refractivity contribution in [2.24, 2.45) is 0 Å². The highest BCUT2D eigenvalue weighted by molar-refractivity contribution is 5.46. The molecule has 2 heteroatoms. The average molecular weight is 255 g/mol. The van der Waals surface area contributed by atoms with Gasteiger partial charge in [-0.3, -0.25) is 0 Å². The molecule has 2 aromatic rings. The fraction of sp³-hybridized carbons (Fsp3) is 0.294. The lowest BCUT2D eigenvalue weighted by Crippen LogP contribution is -2.05. The molecule has 0 unspecified atom stereocenters. The third kappa shape index (κ3) is 4.32. The van der Waals surface area contributed by atoms with Crippen LogP contribution in [-0.4, -0.2) is 6.10 Å². The van der Waals surface area contributed by atoms with Crippen LogP contribution < -0.4 is 10.1 Å². The highest BCUT2D eigenvalue weighted by Gasteiger charge is 1.98. The first-order valence-corrected chi connectivity index (χ1v) is 6.69. The maximum Gasteiger partial charge on any atom is 0.119 e. The molecule has 0 atom stereocenters. The minimum Gasteiger partial charge on any atom is -0.491 e. The summed E-state index contributed by atoms with van der Waals surface area (Å²) in [5.41, 5.74) is 3.67. The van der Waals surface area contributed by atoms with E-state index >= 15 is 0 Å². The number of hydrogen-bond donors (Lipinski definition) is 1. The Hall–Kier alpha value is -1.96. The van der Waals surface area contributed by atoms with Crippen molar-refractivity contribution in [2.75, 3.05) is 5.32 Å². The molecular weight excluding hydrogens is 234 g/mol. The van der Waals surface area contributed by atoms with Crippen molar-refractivity contribution >= 4 is 5.69 Å². The van der Waals surface area contributed by atoms with Gasteiger partial charge in [-0.05, 0) is 56.2 Å². The van der Waals surface area contributed by atoms with Gasteiger partial charge >= 0.3 is 0 Å². The fourth-order valence-corrected chi connectivity index (χ4v) is 1.92. The predicted molar refractivity (Wildman–Crippen MR) is 80.7 cm³/mol. The molecule has 0 fully saturated rings. The maximum atomic E-state index is 5.63. The van der Waals surface area contributed by atoms with Crippen LogP contribution >= 0.6 is 0 Å². The molecule has 2 aromatic carbocycles. The van der Waals surface area contributed by atoms with Crippen molar-refractivity contribution < 1.29 is 4.74 Å². The van der Waals surface area contributed by atoms with Crippen LogP contribution in [0.4, 0.5) is 5.69 Å². The van der Waals surface area contributed by atoms with Crippen molar-refractivity contribution in [2.45, 2.75) is 33.4 Å². The molecule has 0 bridgehead atoms. The topological polar surface area (TPSA) is 21.3 Å². The number of benzene rings is 2. The molecule has 0 radical (unpaired) electrons. The van der Waals surface area contributed by atoms with Crippen LogP contribution in [0.1, 0.15) is 25.0 Å². The lowest BCUT2D eigenvalue weighted by Gasteiger charge is -2.11. The zero-order chi connectivity index (χ0) is 13.7. The monoisotopic (exact) mass is 255 g/mol. The second-order valence-electron chi connectivity index (χ2n) is 5.03. The number of aryl methyl sites for hydroxylation is 1. The molecule has 0 saturated carbocycles. The predicted octanol–water partition coefficient (Wildman–Crippen LogP) is 4.39. The molecule has 0 aliphatic rings. The molecule has 2 rings (SSSR count). The van der Waals surface area contributed by atoms with Gasteiger partial charge in [0, 0.05) is 12.2 Å². The van der Waals surface area contributed by atoms with Crippen molar-refractivity contribution in [1.82, 2.24) is 0 Å². The third-order valence-corrected chi connectivity index (χ3v) is 2.81. The normalized spacial score (nSPS) is 10.5. The molecule has 0 heterocycles. The van der Waals surface area contributed by atoms with Gasteiger partial charge in [0.15, 0.2) is 0 Å². The van der Waals surface area contributed by atoms with Gasteiger partial charge in [-0.1, -0.05) is 24.3 Å². The first kappa shape index (κ1) is 13.5. The van der Waals surface area contributed by atoms with Crippen LogP contribution in [0.15, 0.2) is 48.5 Å². The largest absolute Gasteiger partial charge is 0.491 e. The Labute approximate surface area is 115 Å². The summed E-state index contributed by atoms with van der Waals surface area (Å²) in [6.07, 6.45) is 0.219. The van der Waals surface area contributed by atoms with Crippen LogP contribution in [0.2, 0.25) is 0 Å². The number of rotatable bonds is 5. The summed E-state index contributed by atoms with van der Waals surface area (Å²) >= 11 is 0. The summed E-state index contributed by atoms with van der Waals surface area (Å²) in [5, 5.41) is 3.42. The Kier molecular flexibility index (Phi) is 4.45. The van der Waals surface area contributed by atoms with Crippen LogP contribution in [0.3, 0.4) is 0 Å². The lowest BCUT2D eigenvalue weighted by molar-refractivity contribution is 0.242.